The summed E-state index contributed by atoms with van der Waals surface area (Å²) in [5.74, 6) is 0.383. The third-order valence-corrected chi connectivity index (χ3v) is 2.64. The highest BCUT2D eigenvalue weighted by Crippen LogP contribution is 2.07. The molecule has 2 N–H and O–H groups in total. The van der Waals surface area contributed by atoms with Crippen LogP contribution >= 0.6 is 11.8 Å². The van der Waals surface area contributed by atoms with Crippen molar-refractivity contribution >= 4 is 23.8 Å². The minimum atomic E-state index is -0.801. The number of alkyl carbamates (subject to hydrolysis) is 1. The van der Waals surface area contributed by atoms with E-state index in [9.17, 15) is 9.59 Å². The summed E-state index contributed by atoms with van der Waals surface area (Å²) in [6.07, 6.45) is 1.00. The summed E-state index contributed by atoms with van der Waals surface area (Å²) in [7, 11) is 1.48. The maximum atomic E-state index is 11.8. The van der Waals surface area contributed by atoms with E-state index in [-0.39, 0.29) is 12.6 Å². The van der Waals surface area contributed by atoms with Gasteiger partial charge in [0.05, 0.1) is 0 Å². The second-order valence-electron chi connectivity index (χ2n) is 5.02. The molecule has 6 nitrogen and oxygen atoms in total. The van der Waals surface area contributed by atoms with Crippen molar-refractivity contribution in [1.29, 1.82) is 0 Å². The minimum Gasteiger partial charge on any atom is -0.436 e. The molecule has 0 heterocycles. The molecule has 19 heavy (non-hydrogen) atoms. The van der Waals surface area contributed by atoms with E-state index in [1.807, 2.05) is 27.0 Å². The fraction of sp³-hybridized carbons (Fsp3) is 0.833. The number of carbonyl (C=O) groups is 2. The average molecular weight is 292 g/mol. The fourth-order valence-corrected chi connectivity index (χ4v) is 1.64. The molecule has 2 amide bonds. The van der Waals surface area contributed by atoms with Gasteiger partial charge in [-0.25, -0.2) is 4.79 Å². The summed E-state index contributed by atoms with van der Waals surface area (Å²) < 4.78 is 9.92. The Morgan fingerprint density at radius 1 is 1.32 bits per heavy atom. The van der Waals surface area contributed by atoms with Crippen LogP contribution in [0.25, 0.3) is 0 Å². The Kier molecular flexibility index (Phi) is 8.58. The van der Waals surface area contributed by atoms with E-state index in [4.69, 9.17) is 9.47 Å². The number of hydrogen-bond donors (Lipinski definition) is 2. The summed E-state index contributed by atoms with van der Waals surface area (Å²) in [5, 5.41) is 5.19. The molecular weight excluding hydrogens is 268 g/mol. The van der Waals surface area contributed by atoms with Gasteiger partial charge < -0.3 is 20.1 Å². The van der Waals surface area contributed by atoms with Crippen LogP contribution in [-0.2, 0) is 14.3 Å². The number of methoxy groups -OCH3 is 1. The van der Waals surface area contributed by atoms with Gasteiger partial charge in [0, 0.05) is 19.1 Å². The number of nitrogens with one attached hydrogen (secondary N) is 2. The zero-order chi connectivity index (χ0) is 14.9. The van der Waals surface area contributed by atoms with Gasteiger partial charge in [-0.15, -0.1) is 0 Å². The van der Waals surface area contributed by atoms with Gasteiger partial charge >= 0.3 is 6.09 Å². The van der Waals surface area contributed by atoms with Crippen molar-refractivity contribution in [3.8, 4) is 0 Å². The first-order chi connectivity index (χ1) is 8.80. The van der Waals surface area contributed by atoms with Crippen LogP contribution in [0.5, 0.6) is 0 Å². The molecule has 0 aromatic carbocycles. The number of amides is 2. The summed E-state index contributed by atoms with van der Waals surface area (Å²) in [6.45, 7) is 5.63. The summed E-state index contributed by atoms with van der Waals surface area (Å²) in [5.41, 5.74) is -0.399. The summed E-state index contributed by atoms with van der Waals surface area (Å²) in [6, 6.07) is 0. The molecule has 0 aliphatic carbocycles. The lowest BCUT2D eigenvalue weighted by Gasteiger charge is -2.23. The van der Waals surface area contributed by atoms with Crippen molar-refractivity contribution in [2.75, 3.05) is 25.8 Å². The topological polar surface area (TPSA) is 76.7 Å². The van der Waals surface area contributed by atoms with Crippen molar-refractivity contribution in [2.24, 2.45) is 0 Å². The predicted octanol–water partition coefficient (Wildman–Crippen LogP) is 1.35. The molecule has 0 spiro atoms. The zero-order valence-electron chi connectivity index (χ0n) is 12.2. The van der Waals surface area contributed by atoms with Gasteiger partial charge in [0.1, 0.15) is 6.73 Å². The van der Waals surface area contributed by atoms with Crippen LogP contribution in [0.4, 0.5) is 4.79 Å². The first kappa shape index (κ1) is 18.0. The molecule has 112 valence electrons. The second kappa shape index (κ2) is 9.03. The first-order valence-electron chi connectivity index (χ1n) is 6.04. The van der Waals surface area contributed by atoms with Crippen LogP contribution in [0.2, 0.25) is 0 Å². The standard InChI is InChI=1S/C12H24N2O4S/c1-12(2,3)14-11(16)18-9(6-7-19-5)10(15)13-8-17-4/h9H,6-8H2,1-5H3,(H,13,15)(H,14,16)/t9-/m1/s1. The Balaban J connectivity index is 4.41. The minimum absolute atomic E-state index is 0.0961. The van der Waals surface area contributed by atoms with E-state index in [0.29, 0.717) is 6.42 Å². The van der Waals surface area contributed by atoms with Crippen molar-refractivity contribution in [3.05, 3.63) is 0 Å². The molecule has 0 aliphatic rings. The summed E-state index contributed by atoms with van der Waals surface area (Å²) >= 11 is 1.59. The molecule has 0 unspecified atom stereocenters. The molecule has 0 rings (SSSR count). The number of rotatable bonds is 7. The third-order valence-electron chi connectivity index (χ3n) is 1.99. The smallest absolute Gasteiger partial charge is 0.408 e. The Bertz CT molecular complexity index is 292. The molecule has 0 saturated carbocycles. The van der Waals surface area contributed by atoms with Crippen LogP contribution in [0.15, 0.2) is 0 Å². The van der Waals surface area contributed by atoms with Crippen molar-refractivity contribution < 1.29 is 19.1 Å². The van der Waals surface area contributed by atoms with Crippen LogP contribution in [-0.4, -0.2) is 49.5 Å². The Morgan fingerprint density at radius 3 is 2.42 bits per heavy atom. The fourth-order valence-electron chi connectivity index (χ4n) is 1.19. The lowest BCUT2D eigenvalue weighted by Crippen LogP contribution is -2.46. The highest BCUT2D eigenvalue weighted by molar-refractivity contribution is 7.98. The van der Waals surface area contributed by atoms with E-state index < -0.39 is 17.7 Å². The van der Waals surface area contributed by atoms with Crippen LogP contribution in [0.3, 0.4) is 0 Å². The van der Waals surface area contributed by atoms with Crippen LogP contribution < -0.4 is 10.6 Å². The second-order valence-corrected chi connectivity index (χ2v) is 6.01. The maximum Gasteiger partial charge on any atom is 0.408 e. The Labute approximate surface area is 119 Å². The summed E-state index contributed by atoms with van der Waals surface area (Å²) in [4.78, 5) is 23.5. The number of ether oxygens (including phenoxy) is 2. The number of carbonyl (C=O) groups excluding carboxylic acids is 2. The average Bonchev–Trinajstić information content (AvgIpc) is 2.29. The molecule has 0 bridgehead atoms. The van der Waals surface area contributed by atoms with Crippen molar-refractivity contribution in [1.82, 2.24) is 10.6 Å². The van der Waals surface area contributed by atoms with Crippen LogP contribution in [0.1, 0.15) is 27.2 Å². The third kappa shape index (κ3) is 9.61. The molecule has 0 radical (unpaired) electrons. The van der Waals surface area contributed by atoms with E-state index in [1.54, 1.807) is 11.8 Å². The number of hydrogen-bond acceptors (Lipinski definition) is 5. The molecule has 0 aliphatic heterocycles. The SMILES string of the molecule is COCNC(=O)[C@@H](CCSC)OC(=O)NC(C)(C)C. The van der Waals surface area contributed by atoms with Gasteiger partial charge in [-0.1, -0.05) is 0 Å². The molecule has 1 atom stereocenters. The van der Waals surface area contributed by atoms with E-state index in [1.165, 1.54) is 7.11 Å². The Hall–Kier alpha value is -0.950. The quantitative estimate of drug-likeness (QED) is 0.693. The van der Waals surface area contributed by atoms with E-state index >= 15 is 0 Å². The lowest BCUT2D eigenvalue weighted by atomic mass is 10.1. The van der Waals surface area contributed by atoms with Gasteiger partial charge in [0.15, 0.2) is 6.10 Å². The highest BCUT2D eigenvalue weighted by atomic mass is 32.2. The largest absolute Gasteiger partial charge is 0.436 e. The molecule has 0 saturated heterocycles. The Morgan fingerprint density at radius 2 is 1.95 bits per heavy atom. The van der Waals surface area contributed by atoms with Gasteiger partial charge in [0.2, 0.25) is 0 Å². The molecule has 0 fully saturated rings. The normalized spacial score (nSPS) is 12.7. The van der Waals surface area contributed by atoms with Gasteiger partial charge in [0.25, 0.3) is 5.91 Å². The first-order valence-corrected chi connectivity index (χ1v) is 7.44. The molecule has 0 aromatic rings. The van der Waals surface area contributed by atoms with Gasteiger partial charge in [-0.3, -0.25) is 4.79 Å². The highest BCUT2D eigenvalue weighted by Gasteiger charge is 2.24. The monoisotopic (exact) mass is 292 g/mol. The molecular formula is C12H24N2O4S. The zero-order valence-corrected chi connectivity index (χ0v) is 13.1. The van der Waals surface area contributed by atoms with Crippen molar-refractivity contribution in [2.45, 2.75) is 38.8 Å². The lowest BCUT2D eigenvalue weighted by molar-refractivity contribution is -0.131. The van der Waals surface area contributed by atoms with E-state index in [0.717, 1.165) is 5.75 Å². The van der Waals surface area contributed by atoms with Gasteiger partial charge in [-0.2, -0.15) is 11.8 Å². The molecule has 7 heteroatoms. The van der Waals surface area contributed by atoms with Crippen molar-refractivity contribution in [3.63, 3.8) is 0 Å². The number of thioether (sulfide) groups is 1. The predicted molar refractivity (Wildman–Crippen MR) is 76.2 cm³/mol. The van der Waals surface area contributed by atoms with E-state index in [2.05, 4.69) is 10.6 Å². The maximum absolute atomic E-state index is 11.8. The van der Waals surface area contributed by atoms with Crippen LogP contribution in [0, 0.1) is 0 Å². The van der Waals surface area contributed by atoms with Gasteiger partial charge in [-0.05, 0) is 32.8 Å². The molecule has 0 aromatic heterocycles.